The van der Waals surface area contributed by atoms with Crippen LogP contribution in [0.3, 0.4) is 0 Å². The van der Waals surface area contributed by atoms with Crippen molar-refractivity contribution in [3.63, 3.8) is 0 Å². The lowest BCUT2D eigenvalue weighted by molar-refractivity contribution is 0.0946. The van der Waals surface area contributed by atoms with Crippen LogP contribution in [-0.2, 0) is 0 Å². The normalized spacial score (nSPS) is 13.4. The number of nitrogens with one attached hydrogen (secondary N) is 3. The summed E-state index contributed by atoms with van der Waals surface area (Å²) in [6.45, 7) is 5.15. The first kappa shape index (κ1) is 29.0. The fourth-order valence-electron chi connectivity index (χ4n) is 3.94. The second kappa shape index (κ2) is 15.7. The van der Waals surface area contributed by atoms with E-state index >= 15 is 0 Å². The summed E-state index contributed by atoms with van der Waals surface area (Å²) >= 11 is 11.7. The van der Waals surface area contributed by atoms with Crippen molar-refractivity contribution in [2.24, 2.45) is 0 Å². The maximum absolute atomic E-state index is 12.4. The number of carbonyl (C=O) groups excluding carboxylic acids is 2. The van der Waals surface area contributed by atoms with Crippen LogP contribution in [0.15, 0.2) is 48.5 Å². The Kier molecular flexibility index (Phi) is 13.1. The van der Waals surface area contributed by atoms with E-state index < -0.39 is 0 Å². The topological polar surface area (TPSA) is 76.7 Å². The zero-order chi connectivity index (χ0) is 24.2. The highest BCUT2D eigenvalue weighted by atomic mass is 35.5. The molecule has 7 nitrogen and oxygen atoms in total. The maximum atomic E-state index is 12.4. The largest absolute Gasteiger partial charge is 0.369 e. The van der Waals surface area contributed by atoms with Crippen LogP contribution in [0.2, 0.25) is 0 Å². The number of piperidine rings is 1. The third-order valence-corrected chi connectivity index (χ3v) is 6.10. The molecule has 2 aromatic carbocycles. The highest BCUT2D eigenvalue weighted by Crippen LogP contribution is 2.19. The van der Waals surface area contributed by atoms with Gasteiger partial charge in [0.15, 0.2) is 0 Å². The number of carbonyl (C=O) groups is 2. The van der Waals surface area contributed by atoms with E-state index in [9.17, 15) is 9.59 Å². The summed E-state index contributed by atoms with van der Waals surface area (Å²) in [5.74, 6) is 0.918. The number of hydrogen-bond acceptors (Lipinski definition) is 4. The van der Waals surface area contributed by atoms with Gasteiger partial charge in [-0.1, -0.05) is 6.42 Å². The Morgan fingerprint density at radius 2 is 1.37 bits per heavy atom. The van der Waals surface area contributed by atoms with Gasteiger partial charge >= 0.3 is 6.03 Å². The quantitative estimate of drug-likeness (QED) is 0.339. The lowest BCUT2D eigenvalue weighted by Gasteiger charge is -2.26. The highest BCUT2D eigenvalue weighted by Gasteiger charge is 2.11. The monoisotopic (exact) mass is 541 g/mol. The highest BCUT2D eigenvalue weighted by molar-refractivity contribution is 6.18. The zero-order valence-electron chi connectivity index (χ0n) is 19.8. The molecule has 1 heterocycles. The fraction of sp³-hybridized carbons (Fsp3) is 0.440. The lowest BCUT2D eigenvalue weighted by Crippen LogP contribution is -2.37. The van der Waals surface area contributed by atoms with Crippen LogP contribution in [-0.4, -0.2) is 67.9 Å². The van der Waals surface area contributed by atoms with Crippen molar-refractivity contribution in [3.8, 4) is 0 Å². The number of amides is 3. The summed E-state index contributed by atoms with van der Waals surface area (Å²) in [5, 5.41) is 8.57. The molecule has 0 aliphatic carbocycles. The number of alkyl halides is 2. The molecule has 3 N–H and O–H groups in total. The molecule has 1 saturated heterocycles. The molecule has 0 bridgehead atoms. The molecule has 2 aromatic rings. The van der Waals surface area contributed by atoms with E-state index in [1.165, 1.54) is 19.3 Å². The van der Waals surface area contributed by atoms with Gasteiger partial charge in [-0.25, -0.2) is 4.79 Å². The summed E-state index contributed by atoms with van der Waals surface area (Å²) in [4.78, 5) is 29.2. The van der Waals surface area contributed by atoms with E-state index in [0.717, 1.165) is 25.3 Å². The Morgan fingerprint density at radius 3 is 1.91 bits per heavy atom. The standard InChI is InChI=1S/C25H33Cl2N5O2.ClH/c26-12-17-32(18-13-27)23-10-8-22(9-11-23)30-25(34)29-21-6-4-20(5-7-21)24(33)28-14-19-31-15-2-1-3-16-31;/h4-11H,1-3,12-19H2,(H,28,33)(H2,29,30,34);1H. The number of rotatable bonds is 11. The number of urea groups is 1. The predicted octanol–water partition coefficient (Wildman–Crippen LogP) is 5.25. The third kappa shape index (κ3) is 9.76. The first-order chi connectivity index (χ1) is 16.6. The number of anilines is 3. The average Bonchev–Trinajstić information content (AvgIpc) is 2.85. The second-order valence-electron chi connectivity index (χ2n) is 8.23. The molecule has 3 rings (SSSR count). The Labute approximate surface area is 223 Å². The molecular weight excluding hydrogens is 509 g/mol. The zero-order valence-corrected chi connectivity index (χ0v) is 22.1. The van der Waals surface area contributed by atoms with Crippen LogP contribution >= 0.6 is 35.6 Å². The molecule has 0 saturated carbocycles. The fourth-order valence-corrected chi connectivity index (χ4v) is 4.35. The number of halogens is 3. The molecule has 3 amide bonds. The van der Waals surface area contributed by atoms with Crippen LogP contribution in [0, 0.1) is 0 Å². The Hall–Kier alpha value is -2.19. The van der Waals surface area contributed by atoms with Gasteiger partial charge in [0.1, 0.15) is 0 Å². The molecule has 1 fully saturated rings. The van der Waals surface area contributed by atoms with Crippen molar-refractivity contribution in [2.45, 2.75) is 19.3 Å². The van der Waals surface area contributed by atoms with Crippen molar-refractivity contribution in [3.05, 3.63) is 54.1 Å². The van der Waals surface area contributed by atoms with Crippen LogP contribution in [0.4, 0.5) is 21.9 Å². The molecule has 0 radical (unpaired) electrons. The number of benzene rings is 2. The third-order valence-electron chi connectivity index (χ3n) is 5.77. The van der Waals surface area contributed by atoms with Crippen molar-refractivity contribution < 1.29 is 9.59 Å². The van der Waals surface area contributed by atoms with Gasteiger partial charge in [0.05, 0.1) is 0 Å². The molecule has 0 spiro atoms. The Morgan fingerprint density at radius 1 is 0.829 bits per heavy atom. The minimum atomic E-state index is -0.357. The SMILES string of the molecule is Cl.O=C(Nc1ccc(C(=O)NCCN2CCCCC2)cc1)Nc1ccc(N(CCCl)CCCl)cc1. The molecule has 10 heteroatoms. The van der Waals surface area contributed by atoms with Gasteiger partial charge in [-0.05, 0) is 74.5 Å². The second-order valence-corrected chi connectivity index (χ2v) is 8.98. The van der Waals surface area contributed by atoms with E-state index in [1.54, 1.807) is 24.3 Å². The van der Waals surface area contributed by atoms with Crippen molar-refractivity contribution >= 4 is 64.6 Å². The van der Waals surface area contributed by atoms with Gasteiger partial charge in [0.25, 0.3) is 5.91 Å². The van der Waals surface area contributed by atoms with Crippen molar-refractivity contribution in [1.82, 2.24) is 10.2 Å². The number of likely N-dealkylation sites (tertiary alicyclic amines) is 1. The molecule has 1 aliphatic heterocycles. The predicted molar refractivity (Wildman–Crippen MR) is 149 cm³/mol. The minimum Gasteiger partial charge on any atom is -0.369 e. The van der Waals surface area contributed by atoms with Crippen LogP contribution < -0.4 is 20.9 Å². The molecule has 35 heavy (non-hydrogen) atoms. The van der Waals surface area contributed by atoms with Gasteiger partial charge in [-0.3, -0.25) is 4.79 Å². The smallest absolute Gasteiger partial charge is 0.323 e. The van der Waals surface area contributed by atoms with E-state index in [4.69, 9.17) is 23.2 Å². The minimum absolute atomic E-state index is 0. The summed E-state index contributed by atoms with van der Waals surface area (Å²) < 4.78 is 0. The molecule has 0 atom stereocenters. The van der Waals surface area contributed by atoms with Crippen LogP contribution in [0.5, 0.6) is 0 Å². The van der Waals surface area contributed by atoms with E-state index in [0.29, 0.717) is 48.3 Å². The first-order valence-corrected chi connectivity index (χ1v) is 12.8. The summed E-state index contributed by atoms with van der Waals surface area (Å²) in [5.41, 5.74) is 2.84. The van der Waals surface area contributed by atoms with E-state index in [-0.39, 0.29) is 24.3 Å². The van der Waals surface area contributed by atoms with Gasteiger partial charge in [0, 0.05) is 60.6 Å². The van der Waals surface area contributed by atoms with Gasteiger partial charge < -0.3 is 25.8 Å². The van der Waals surface area contributed by atoms with Crippen LogP contribution in [0.25, 0.3) is 0 Å². The maximum Gasteiger partial charge on any atom is 0.323 e. The van der Waals surface area contributed by atoms with Gasteiger partial charge in [0.2, 0.25) is 0 Å². The van der Waals surface area contributed by atoms with E-state index in [2.05, 4.69) is 25.8 Å². The van der Waals surface area contributed by atoms with Gasteiger partial charge in [-0.2, -0.15) is 0 Å². The summed E-state index contributed by atoms with van der Waals surface area (Å²) in [7, 11) is 0. The van der Waals surface area contributed by atoms with Crippen molar-refractivity contribution in [2.75, 3.05) is 66.6 Å². The Balaban J connectivity index is 0.00000432. The first-order valence-electron chi connectivity index (χ1n) is 11.7. The van der Waals surface area contributed by atoms with E-state index in [1.807, 2.05) is 24.3 Å². The number of hydrogen-bond donors (Lipinski definition) is 3. The van der Waals surface area contributed by atoms with Crippen LogP contribution in [0.1, 0.15) is 29.6 Å². The Bertz CT molecular complexity index is 900. The molecule has 1 aliphatic rings. The summed E-state index contributed by atoms with van der Waals surface area (Å²) in [6, 6.07) is 14.0. The number of nitrogens with zero attached hydrogens (tertiary/aromatic N) is 2. The average molecular weight is 543 g/mol. The summed E-state index contributed by atoms with van der Waals surface area (Å²) in [6.07, 6.45) is 3.78. The molecule has 0 aromatic heterocycles. The molecule has 0 unspecified atom stereocenters. The lowest BCUT2D eigenvalue weighted by atomic mass is 10.1. The molecular formula is C25H34Cl3N5O2. The molecule has 192 valence electrons. The van der Waals surface area contributed by atoms with Gasteiger partial charge in [-0.15, -0.1) is 35.6 Å². The van der Waals surface area contributed by atoms with Crippen molar-refractivity contribution in [1.29, 1.82) is 0 Å².